The van der Waals surface area contributed by atoms with Gasteiger partial charge in [-0.2, -0.15) is 5.26 Å². The van der Waals surface area contributed by atoms with Gasteiger partial charge in [-0.3, -0.25) is 0 Å². The molecule has 1 aromatic carbocycles. The minimum Gasteiger partial charge on any atom is -0.396 e. The molecule has 2 rings (SSSR count). The predicted molar refractivity (Wildman–Crippen MR) is 75.8 cm³/mol. The summed E-state index contributed by atoms with van der Waals surface area (Å²) >= 11 is 9.33. The summed E-state index contributed by atoms with van der Waals surface area (Å²) in [6.07, 6.45) is 1.64. The zero-order valence-electron chi connectivity index (χ0n) is 9.11. The second kappa shape index (κ2) is 5.25. The van der Waals surface area contributed by atoms with E-state index in [0.717, 1.165) is 4.47 Å². The molecule has 0 spiro atoms. The summed E-state index contributed by atoms with van der Waals surface area (Å²) in [4.78, 5) is 4.15. The second-order valence-corrected chi connectivity index (χ2v) is 4.85. The molecule has 1 heterocycles. The van der Waals surface area contributed by atoms with Crippen molar-refractivity contribution in [2.24, 2.45) is 0 Å². The number of anilines is 3. The summed E-state index contributed by atoms with van der Waals surface area (Å²) in [6.45, 7) is 0. The number of hydrogen-bond donors (Lipinski definition) is 2. The van der Waals surface area contributed by atoms with E-state index in [1.165, 1.54) is 0 Å². The Labute approximate surface area is 118 Å². The summed E-state index contributed by atoms with van der Waals surface area (Å²) in [6, 6.07) is 8.73. The smallest absolute Gasteiger partial charge is 0.153 e. The molecule has 6 heteroatoms. The molecule has 0 amide bonds. The normalized spacial score (nSPS) is 9.83. The Kier molecular flexibility index (Phi) is 3.70. The van der Waals surface area contributed by atoms with Crippen LogP contribution in [0.15, 0.2) is 34.9 Å². The summed E-state index contributed by atoms with van der Waals surface area (Å²) < 4.78 is 0.802. The molecule has 0 unspecified atom stereocenters. The molecular formula is C12H8BrClN4. The maximum Gasteiger partial charge on any atom is 0.153 e. The molecule has 0 fully saturated rings. The van der Waals surface area contributed by atoms with Crippen molar-refractivity contribution in [3.63, 3.8) is 0 Å². The molecule has 0 bridgehead atoms. The van der Waals surface area contributed by atoms with Crippen LogP contribution in [0.25, 0.3) is 0 Å². The minimum atomic E-state index is 0.443. The number of nitrogens with one attached hydrogen (secondary N) is 1. The van der Waals surface area contributed by atoms with E-state index in [1.807, 2.05) is 6.07 Å². The van der Waals surface area contributed by atoms with Crippen LogP contribution in [0.5, 0.6) is 0 Å². The lowest BCUT2D eigenvalue weighted by atomic mass is 10.2. The highest BCUT2D eigenvalue weighted by Gasteiger charge is 2.06. The van der Waals surface area contributed by atoms with E-state index < -0.39 is 0 Å². The Bertz CT molecular complexity index is 636. The largest absolute Gasteiger partial charge is 0.396 e. The topological polar surface area (TPSA) is 74.7 Å². The van der Waals surface area contributed by atoms with Gasteiger partial charge in [0.05, 0.1) is 28.0 Å². The van der Waals surface area contributed by atoms with Crippen molar-refractivity contribution >= 4 is 44.7 Å². The highest BCUT2D eigenvalue weighted by Crippen LogP contribution is 2.28. The first-order valence-electron chi connectivity index (χ1n) is 4.98. The number of benzene rings is 1. The van der Waals surface area contributed by atoms with Crippen LogP contribution in [0.1, 0.15) is 5.56 Å². The van der Waals surface area contributed by atoms with Gasteiger partial charge in [0, 0.05) is 10.7 Å². The summed E-state index contributed by atoms with van der Waals surface area (Å²) in [5.41, 5.74) is 7.48. The van der Waals surface area contributed by atoms with Crippen LogP contribution in [-0.4, -0.2) is 4.98 Å². The van der Waals surface area contributed by atoms with E-state index in [4.69, 9.17) is 22.6 Å². The number of pyridine rings is 1. The zero-order chi connectivity index (χ0) is 13.1. The van der Waals surface area contributed by atoms with Crippen LogP contribution in [0.3, 0.4) is 0 Å². The fourth-order valence-corrected chi connectivity index (χ4v) is 1.95. The van der Waals surface area contributed by atoms with Crippen molar-refractivity contribution in [3.05, 3.63) is 45.5 Å². The number of nitrogen functional groups attached to an aromatic ring is 1. The first kappa shape index (κ1) is 12.7. The van der Waals surface area contributed by atoms with E-state index in [2.05, 4.69) is 26.2 Å². The monoisotopic (exact) mass is 322 g/mol. The van der Waals surface area contributed by atoms with Gasteiger partial charge >= 0.3 is 0 Å². The van der Waals surface area contributed by atoms with Crippen molar-refractivity contribution in [3.8, 4) is 6.07 Å². The molecule has 0 radical (unpaired) electrons. The molecule has 0 aliphatic rings. The lowest BCUT2D eigenvalue weighted by Gasteiger charge is -2.10. The number of halogens is 2. The lowest BCUT2D eigenvalue weighted by Crippen LogP contribution is -1.99. The number of nitriles is 1. The van der Waals surface area contributed by atoms with Crippen LogP contribution < -0.4 is 11.1 Å². The highest BCUT2D eigenvalue weighted by atomic mass is 79.9. The Morgan fingerprint density at radius 2 is 2.17 bits per heavy atom. The van der Waals surface area contributed by atoms with Gasteiger partial charge in [-0.05, 0) is 40.2 Å². The maximum absolute atomic E-state index is 8.75. The zero-order valence-corrected chi connectivity index (χ0v) is 11.5. The fourth-order valence-electron chi connectivity index (χ4n) is 1.37. The maximum atomic E-state index is 8.75. The third kappa shape index (κ3) is 2.73. The standard InChI is InChI=1S/C12H8BrClN4/c13-8-4-10(16)12(17-6-8)18-11-2-1-7(5-15)3-9(11)14/h1-4,6H,16H2,(H,17,18). The van der Waals surface area contributed by atoms with Crippen LogP contribution in [-0.2, 0) is 0 Å². The second-order valence-electron chi connectivity index (χ2n) is 3.52. The number of rotatable bonds is 2. The van der Waals surface area contributed by atoms with Gasteiger partial charge in [-0.1, -0.05) is 11.6 Å². The van der Waals surface area contributed by atoms with Crippen LogP contribution in [0, 0.1) is 11.3 Å². The minimum absolute atomic E-state index is 0.443. The molecule has 2 aromatic rings. The average molecular weight is 324 g/mol. The Balaban J connectivity index is 2.32. The predicted octanol–water partition coefficient (Wildman–Crippen LogP) is 3.69. The molecule has 18 heavy (non-hydrogen) atoms. The third-order valence-corrected chi connectivity index (χ3v) is 2.98. The molecule has 0 atom stereocenters. The van der Waals surface area contributed by atoms with Gasteiger partial charge in [0.1, 0.15) is 0 Å². The molecule has 0 aliphatic heterocycles. The van der Waals surface area contributed by atoms with Crippen molar-refractivity contribution in [1.82, 2.24) is 4.98 Å². The first-order chi connectivity index (χ1) is 8.60. The SMILES string of the molecule is N#Cc1ccc(Nc2ncc(Br)cc2N)c(Cl)c1. The number of nitrogens with two attached hydrogens (primary N) is 1. The molecule has 3 N–H and O–H groups in total. The van der Waals surface area contributed by atoms with Crippen LogP contribution in [0.2, 0.25) is 5.02 Å². The molecule has 0 aliphatic carbocycles. The quantitative estimate of drug-likeness (QED) is 0.883. The van der Waals surface area contributed by atoms with E-state index in [-0.39, 0.29) is 0 Å². The van der Waals surface area contributed by atoms with E-state index in [1.54, 1.807) is 30.5 Å². The van der Waals surface area contributed by atoms with Gasteiger partial charge in [0.2, 0.25) is 0 Å². The molecule has 90 valence electrons. The van der Waals surface area contributed by atoms with Crippen LogP contribution >= 0.6 is 27.5 Å². The fraction of sp³-hybridized carbons (Fsp3) is 0. The summed E-state index contributed by atoms with van der Waals surface area (Å²) in [7, 11) is 0. The van der Waals surface area contributed by atoms with E-state index in [0.29, 0.717) is 27.8 Å². The van der Waals surface area contributed by atoms with Gasteiger partial charge in [0.15, 0.2) is 5.82 Å². The van der Waals surface area contributed by atoms with Crippen LogP contribution in [0.4, 0.5) is 17.2 Å². The molecule has 0 saturated heterocycles. The highest BCUT2D eigenvalue weighted by molar-refractivity contribution is 9.10. The Morgan fingerprint density at radius 3 is 2.78 bits per heavy atom. The lowest BCUT2D eigenvalue weighted by molar-refractivity contribution is 1.29. The van der Waals surface area contributed by atoms with Gasteiger partial charge in [-0.25, -0.2) is 4.98 Å². The van der Waals surface area contributed by atoms with E-state index >= 15 is 0 Å². The number of nitrogens with zero attached hydrogens (tertiary/aromatic N) is 2. The number of hydrogen-bond acceptors (Lipinski definition) is 4. The molecule has 1 aromatic heterocycles. The first-order valence-corrected chi connectivity index (χ1v) is 6.15. The van der Waals surface area contributed by atoms with Gasteiger partial charge in [-0.15, -0.1) is 0 Å². The van der Waals surface area contributed by atoms with Crippen molar-refractivity contribution in [2.45, 2.75) is 0 Å². The molecule has 0 saturated carbocycles. The third-order valence-electron chi connectivity index (χ3n) is 2.24. The molecule has 4 nitrogen and oxygen atoms in total. The average Bonchev–Trinajstić information content (AvgIpc) is 2.34. The Morgan fingerprint density at radius 1 is 1.39 bits per heavy atom. The molecular weight excluding hydrogens is 316 g/mol. The number of aromatic nitrogens is 1. The van der Waals surface area contributed by atoms with Crippen molar-refractivity contribution in [2.75, 3.05) is 11.1 Å². The van der Waals surface area contributed by atoms with E-state index in [9.17, 15) is 0 Å². The van der Waals surface area contributed by atoms with Gasteiger partial charge in [0.25, 0.3) is 0 Å². The summed E-state index contributed by atoms with van der Waals surface area (Å²) in [5, 5.41) is 12.2. The van der Waals surface area contributed by atoms with Gasteiger partial charge < -0.3 is 11.1 Å². The van der Waals surface area contributed by atoms with Crippen molar-refractivity contribution < 1.29 is 0 Å². The Hall–Kier alpha value is -1.77. The summed E-state index contributed by atoms with van der Waals surface area (Å²) in [5.74, 6) is 0.518. The van der Waals surface area contributed by atoms with Crippen molar-refractivity contribution in [1.29, 1.82) is 5.26 Å².